The van der Waals surface area contributed by atoms with E-state index in [2.05, 4.69) is 23.7 Å². The van der Waals surface area contributed by atoms with Gasteiger partial charge in [0.1, 0.15) is 17.1 Å². The molecule has 190 valence electrons. The molecule has 3 heterocycles. The summed E-state index contributed by atoms with van der Waals surface area (Å²) in [5, 5.41) is 11.5. The van der Waals surface area contributed by atoms with Crippen LogP contribution in [0.4, 0.5) is 0 Å². The number of aliphatic hydroxyl groups is 1. The van der Waals surface area contributed by atoms with Gasteiger partial charge in [-0.05, 0) is 69.7 Å². The summed E-state index contributed by atoms with van der Waals surface area (Å²) < 4.78 is 7.32. The van der Waals surface area contributed by atoms with Gasteiger partial charge in [0, 0.05) is 12.7 Å². The average Bonchev–Trinajstić information content (AvgIpc) is 3.35. The summed E-state index contributed by atoms with van der Waals surface area (Å²) in [6, 6.07) is 12.2. The number of nitrogens with zero attached hydrogens (tertiary/aromatic N) is 4. The van der Waals surface area contributed by atoms with Crippen molar-refractivity contribution in [2.24, 2.45) is 0 Å². The number of hydrogen-bond acceptors (Lipinski definition) is 6. The zero-order valence-corrected chi connectivity index (χ0v) is 21.4. The van der Waals surface area contributed by atoms with Gasteiger partial charge >= 0.3 is 0 Å². The third kappa shape index (κ3) is 4.73. The number of likely N-dealkylation sites (tertiary alicyclic amines) is 1. The maximum atomic E-state index is 13.4. The lowest BCUT2D eigenvalue weighted by atomic mass is 9.96. The fraction of sp³-hybridized carbons (Fsp3) is 0.393. The van der Waals surface area contributed by atoms with Crippen molar-refractivity contribution in [1.29, 1.82) is 0 Å². The van der Waals surface area contributed by atoms with Crippen molar-refractivity contribution in [2.45, 2.75) is 40.2 Å². The van der Waals surface area contributed by atoms with Crippen molar-refractivity contribution in [3.8, 4) is 5.75 Å². The first-order valence-corrected chi connectivity index (χ1v) is 12.6. The minimum atomic E-state index is -0.703. The Morgan fingerprint density at radius 2 is 1.81 bits per heavy atom. The van der Waals surface area contributed by atoms with E-state index in [0.717, 1.165) is 31.6 Å². The van der Waals surface area contributed by atoms with E-state index in [9.17, 15) is 14.7 Å². The van der Waals surface area contributed by atoms with Crippen molar-refractivity contribution in [3.63, 3.8) is 0 Å². The Labute approximate surface area is 211 Å². The highest BCUT2D eigenvalue weighted by Gasteiger charge is 2.46. The molecule has 1 amide bonds. The van der Waals surface area contributed by atoms with Gasteiger partial charge < -0.3 is 19.6 Å². The molecular formula is C28H34N4O4. The summed E-state index contributed by atoms with van der Waals surface area (Å²) in [6.45, 7) is 11.5. The standard InChI is InChI=1S/C28H34N4O4/c1-5-30(6-2)16-10-18-32-25(20-12-14-21(15-13-20)36-7-3)23(27(34)28(32)35)26(33)24-19(4)29-22-11-8-9-17-31(22)24/h8-9,11-15,17,25,33H,5-7,10,16,18H2,1-4H3/b26-23+. The molecule has 36 heavy (non-hydrogen) atoms. The van der Waals surface area contributed by atoms with E-state index in [1.54, 1.807) is 22.4 Å². The minimum Gasteiger partial charge on any atom is -0.505 e. The molecule has 1 fully saturated rings. The maximum Gasteiger partial charge on any atom is 0.295 e. The van der Waals surface area contributed by atoms with Crippen LogP contribution >= 0.6 is 0 Å². The molecule has 8 heteroatoms. The number of ketones is 1. The van der Waals surface area contributed by atoms with Crippen LogP contribution < -0.4 is 4.74 Å². The molecule has 3 aromatic rings. The summed E-state index contributed by atoms with van der Waals surface area (Å²) in [7, 11) is 0. The smallest absolute Gasteiger partial charge is 0.295 e. The number of pyridine rings is 1. The number of carbonyl (C=O) groups is 2. The van der Waals surface area contributed by atoms with Gasteiger partial charge in [-0.2, -0.15) is 0 Å². The highest BCUT2D eigenvalue weighted by Crippen LogP contribution is 2.40. The van der Waals surface area contributed by atoms with E-state index < -0.39 is 17.7 Å². The molecule has 4 rings (SSSR count). The van der Waals surface area contributed by atoms with Gasteiger partial charge in [0.05, 0.1) is 23.9 Å². The first-order chi connectivity index (χ1) is 17.4. The van der Waals surface area contributed by atoms with Gasteiger partial charge in [-0.25, -0.2) is 4.98 Å². The topological polar surface area (TPSA) is 87.4 Å². The Bertz CT molecular complexity index is 1270. The van der Waals surface area contributed by atoms with Crippen LogP contribution in [0.15, 0.2) is 54.2 Å². The van der Waals surface area contributed by atoms with Crippen LogP contribution in [-0.4, -0.2) is 68.8 Å². The summed E-state index contributed by atoms with van der Waals surface area (Å²) in [5.41, 5.74) is 2.48. The molecule has 0 saturated carbocycles. The first kappa shape index (κ1) is 25.4. The van der Waals surface area contributed by atoms with Crippen molar-refractivity contribution in [1.82, 2.24) is 19.2 Å². The lowest BCUT2D eigenvalue weighted by molar-refractivity contribution is -0.140. The van der Waals surface area contributed by atoms with Gasteiger partial charge in [0.2, 0.25) is 0 Å². The van der Waals surface area contributed by atoms with E-state index in [4.69, 9.17) is 4.74 Å². The fourth-order valence-electron chi connectivity index (χ4n) is 4.90. The Balaban J connectivity index is 1.80. The third-order valence-corrected chi connectivity index (χ3v) is 6.74. The number of amides is 1. The number of Topliss-reactive ketones (excluding diaryl/α,β-unsaturated/α-hetero) is 1. The summed E-state index contributed by atoms with van der Waals surface area (Å²) in [6.07, 6.45) is 2.51. The highest BCUT2D eigenvalue weighted by molar-refractivity contribution is 6.46. The fourth-order valence-corrected chi connectivity index (χ4v) is 4.90. The lowest BCUT2D eigenvalue weighted by Crippen LogP contribution is -2.33. The number of hydrogen-bond donors (Lipinski definition) is 1. The minimum absolute atomic E-state index is 0.0840. The quantitative estimate of drug-likeness (QED) is 0.260. The van der Waals surface area contributed by atoms with Gasteiger partial charge in [-0.3, -0.25) is 14.0 Å². The van der Waals surface area contributed by atoms with Gasteiger partial charge in [0.15, 0.2) is 5.76 Å². The maximum absolute atomic E-state index is 13.4. The van der Waals surface area contributed by atoms with E-state index in [0.29, 0.717) is 35.9 Å². The van der Waals surface area contributed by atoms with E-state index in [-0.39, 0.29) is 11.3 Å². The Hall–Kier alpha value is -3.65. The van der Waals surface area contributed by atoms with Crippen LogP contribution in [0.3, 0.4) is 0 Å². The Morgan fingerprint density at radius 1 is 1.08 bits per heavy atom. The highest BCUT2D eigenvalue weighted by atomic mass is 16.5. The van der Waals surface area contributed by atoms with Gasteiger partial charge in [0.25, 0.3) is 11.7 Å². The van der Waals surface area contributed by atoms with Crippen molar-refractivity contribution >= 4 is 23.1 Å². The predicted molar refractivity (Wildman–Crippen MR) is 139 cm³/mol. The molecule has 0 radical (unpaired) electrons. The second-order valence-corrected chi connectivity index (χ2v) is 8.85. The molecule has 0 spiro atoms. The molecule has 0 bridgehead atoms. The number of carbonyl (C=O) groups excluding carboxylic acids is 2. The first-order valence-electron chi connectivity index (χ1n) is 12.6. The van der Waals surface area contributed by atoms with Crippen molar-refractivity contribution in [2.75, 3.05) is 32.8 Å². The Morgan fingerprint density at radius 3 is 2.47 bits per heavy atom. The molecule has 1 aliphatic rings. The summed E-state index contributed by atoms with van der Waals surface area (Å²) in [4.78, 5) is 35.1. The number of aromatic nitrogens is 2. The number of ether oxygens (including phenoxy) is 1. The molecule has 0 aliphatic carbocycles. The molecule has 1 atom stereocenters. The van der Waals surface area contributed by atoms with Crippen LogP contribution in [0.2, 0.25) is 0 Å². The number of aryl methyl sites for hydroxylation is 1. The zero-order valence-electron chi connectivity index (χ0n) is 21.4. The van der Waals surface area contributed by atoms with E-state index in [1.807, 2.05) is 49.4 Å². The van der Waals surface area contributed by atoms with Crippen LogP contribution in [-0.2, 0) is 9.59 Å². The molecule has 8 nitrogen and oxygen atoms in total. The van der Waals surface area contributed by atoms with Gasteiger partial charge in [-0.1, -0.05) is 32.0 Å². The third-order valence-electron chi connectivity index (χ3n) is 6.74. The van der Waals surface area contributed by atoms with Crippen LogP contribution in [0.5, 0.6) is 5.75 Å². The average molecular weight is 491 g/mol. The molecule has 1 saturated heterocycles. The summed E-state index contributed by atoms with van der Waals surface area (Å²) in [5.74, 6) is -0.784. The van der Waals surface area contributed by atoms with E-state index in [1.165, 1.54) is 0 Å². The number of imidazole rings is 1. The Kier molecular flexibility index (Phi) is 7.74. The molecular weight excluding hydrogens is 456 g/mol. The molecule has 1 unspecified atom stereocenters. The monoisotopic (exact) mass is 490 g/mol. The number of rotatable bonds is 10. The van der Waals surface area contributed by atoms with Crippen LogP contribution in [0.1, 0.15) is 50.2 Å². The van der Waals surface area contributed by atoms with Crippen molar-refractivity contribution in [3.05, 3.63) is 71.2 Å². The van der Waals surface area contributed by atoms with Crippen LogP contribution in [0.25, 0.3) is 11.4 Å². The number of aliphatic hydroxyl groups excluding tert-OH is 1. The summed E-state index contributed by atoms with van der Waals surface area (Å²) >= 11 is 0. The van der Waals surface area contributed by atoms with E-state index >= 15 is 0 Å². The predicted octanol–water partition coefficient (Wildman–Crippen LogP) is 4.20. The van der Waals surface area contributed by atoms with Crippen molar-refractivity contribution < 1.29 is 19.4 Å². The number of fused-ring (bicyclic) bond motifs is 1. The normalized spacial score (nSPS) is 17.5. The second kappa shape index (κ2) is 11.0. The van der Waals surface area contributed by atoms with Crippen LogP contribution in [0, 0.1) is 6.92 Å². The zero-order chi connectivity index (χ0) is 25.8. The molecule has 2 aromatic heterocycles. The largest absolute Gasteiger partial charge is 0.505 e. The second-order valence-electron chi connectivity index (χ2n) is 8.85. The molecule has 1 aromatic carbocycles. The molecule has 1 N–H and O–H groups in total. The number of benzene rings is 1. The SMILES string of the molecule is CCOc1ccc(C2/C(=C(\O)c3c(C)nc4ccccn34)C(=O)C(=O)N2CCCN(CC)CC)cc1. The molecule has 1 aliphatic heterocycles. The van der Waals surface area contributed by atoms with Gasteiger partial charge in [-0.15, -0.1) is 0 Å². The lowest BCUT2D eigenvalue weighted by Gasteiger charge is -2.27.